The van der Waals surface area contributed by atoms with E-state index in [0.717, 1.165) is 25.9 Å². The van der Waals surface area contributed by atoms with Gasteiger partial charge in [0.15, 0.2) is 0 Å². The zero-order valence-electron chi connectivity index (χ0n) is 7.72. The minimum atomic E-state index is -0.952. The maximum Gasteiger partial charge on any atom is 0.338 e. The van der Waals surface area contributed by atoms with Crippen molar-refractivity contribution in [2.24, 2.45) is 0 Å². The number of rotatable bonds is 2. The zero-order chi connectivity index (χ0) is 9.97. The van der Waals surface area contributed by atoms with Crippen LogP contribution in [0.25, 0.3) is 0 Å². The molecule has 1 fully saturated rings. The first-order valence-corrected chi connectivity index (χ1v) is 4.66. The fourth-order valence-electron chi connectivity index (χ4n) is 1.54. The molecular formula is C9H12N2O3. The van der Waals surface area contributed by atoms with E-state index >= 15 is 0 Å². The molecule has 1 atom stereocenters. The number of carboxylic acid groups (broad SMARTS) is 1. The third-order valence-electron chi connectivity index (χ3n) is 2.30. The van der Waals surface area contributed by atoms with Gasteiger partial charge >= 0.3 is 5.97 Å². The second-order valence-electron chi connectivity index (χ2n) is 3.34. The SMILES string of the molecule is O=C(O)c1cnn([C@@H]2CCCCO2)c1. The lowest BCUT2D eigenvalue weighted by molar-refractivity contribution is -0.0395. The maximum absolute atomic E-state index is 10.6. The molecule has 76 valence electrons. The first kappa shape index (κ1) is 9.21. The minimum absolute atomic E-state index is 0.0863. The van der Waals surface area contributed by atoms with E-state index in [-0.39, 0.29) is 11.8 Å². The summed E-state index contributed by atoms with van der Waals surface area (Å²) in [5.41, 5.74) is 0.208. The number of hydrogen-bond acceptors (Lipinski definition) is 3. The van der Waals surface area contributed by atoms with Crippen LogP contribution in [0.3, 0.4) is 0 Å². The van der Waals surface area contributed by atoms with Gasteiger partial charge in [0.05, 0.1) is 11.8 Å². The first-order valence-electron chi connectivity index (χ1n) is 4.66. The third-order valence-corrected chi connectivity index (χ3v) is 2.30. The van der Waals surface area contributed by atoms with E-state index in [9.17, 15) is 4.79 Å². The molecule has 5 nitrogen and oxygen atoms in total. The number of hydrogen-bond donors (Lipinski definition) is 1. The largest absolute Gasteiger partial charge is 0.478 e. The van der Waals surface area contributed by atoms with Crippen LogP contribution in [-0.4, -0.2) is 27.5 Å². The highest BCUT2D eigenvalue weighted by molar-refractivity contribution is 5.86. The number of nitrogens with zero attached hydrogens (tertiary/aromatic N) is 2. The van der Waals surface area contributed by atoms with Gasteiger partial charge in [-0.05, 0) is 19.3 Å². The fraction of sp³-hybridized carbons (Fsp3) is 0.556. The predicted octanol–water partition coefficient (Wildman–Crippen LogP) is 1.28. The van der Waals surface area contributed by atoms with E-state index in [1.807, 2.05) is 0 Å². The van der Waals surface area contributed by atoms with Crippen LogP contribution in [0.15, 0.2) is 12.4 Å². The summed E-state index contributed by atoms with van der Waals surface area (Å²) >= 11 is 0. The van der Waals surface area contributed by atoms with E-state index in [0.29, 0.717) is 0 Å². The molecule has 2 rings (SSSR count). The van der Waals surface area contributed by atoms with Gasteiger partial charge in [-0.2, -0.15) is 5.10 Å². The van der Waals surface area contributed by atoms with Gasteiger partial charge in [0.1, 0.15) is 6.23 Å². The molecule has 1 aliphatic rings. The van der Waals surface area contributed by atoms with Crippen LogP contribution in [0, 0.1) is 0 Å². The zero-order valence-corrected chi connectivity index (χ0v) is 7.72. The number of aromatic carboxylic acids is 1. The molecule has 0 aromatic carbocycles. The molecule has 0 amide bonds. The van der Waals surface area contributed by atoms with Crippen molar-refractivity contribution in [3.05, 3.63) is 18.0 Å². The fourth-order valence-corrected chi connectivity index (χ4v) is 1.54. The lowest BCUT2D eigenvalue weighted by Crippen LogP contribution is -2.18. The van der Waals surface area contributed by atoms with Gasteiger partial charge in [-0.25, -0.2) is 9.48 Å². The Morgan fingerprint density at radius 3 is 3.07 bits per heavy atom. The van der Waals surface area contributed by atoms with Gasteiger partial charge in [-0.15, -0.1) is 0 Å². The molecule has 0 aliphatic carbocycles. The molecule has 2 heterocycles. The smallest absolute Gasteiger partial charge is 0.338 e. The van der Waals surface area contributed by atoms with Crippen LogP contribution in [0.5, 0.6) is 0 Å². The van der Waals surface area contributed by atoms with Crippen molar-refractivity contribution in [2.75, 3.05) is 6.61 Å². The van der Waals surface area contributed by atoms with E-state index in [1.54, 1.807) is 4.68 Å². The second kappa shape index (κ2) is 3.79. The Bertz CT molecular complexity index is 329. The predicted molar refractivity (Wildman–Crippen MR) is 48.0 cm³/mol. The molecule has 1 aromatic heterocycles. The Hall–Kier alpha value is -1.36. The molecule has 0 bridgehead atoms. The first-order chi connectivity index (χ1) is 6.77. The van der Waals surface area contributed by atoms with Crippen molar-refractivity contribution in [1.29, 1.82) is 0 Å². The quantitative estimate of drug-likeness (QED) is 0.773. The second-order valence-corrected chi connectivity index (χ2v) is 3.34. The standard InChI is InChI=1S/C9H12N2O3/c12-9(13)7-5-10-11(6-7)8-3-1-2-4-14-8/h5-6,8H,1-4H2,(H,12,13)/t8-/m0/s1. The van der Waals surface area contributed by atoms with Crippen molar-refractivity contribution < 1.29 is 14.6 Å². The summed E-state index contributed by atoms with van der Waals surface area (Å²) in [5.74, 6) is -0.952. The summed E-state index contributed by atoms with van der Waals surface area (Å²) < 4.78 is 7.05. The van der Waals surface area contributed by atoms with Crippen molar-refractivity contribution in [3.8, 4) is 0 Å². The summed E-state index contributed by atoms with van der Waals surface area (Å²) in [5, 5.41) is 12.7. The van der Waals surface area contributed by atoms with Gasteiger partial charge in [-0.3, -0.25) is 0 Å². The lowest BCUT2D eigenvalue weighted by Gasteiger charge is -2.22. The summed E-state index contributed by atoms with van der Waals surface area (Å²) in [7, 11) is 0. The van der Waals surface area contributed by atoms with Gasteiger partial charge in [0, 0.05) is 12.8 Å². The Balaban J connectivity index is 2.11. The van der Waals surface area contributed by atoms with Gasteiger partial charge in [-0.1, -0.05) is 0 Å². The van der Waals surface area contributed by atoms with Crippen molar-refractivity contribution >= 4 is 5.97 Å². The Kier molecular flexibility index (Phi) is 2.49. The van der Waals surface area contributed by atoms with Gasteiger partial charge < -0.3 is 9.84 Å². The van der Waals surface area contributed by atoms with Crippen LogP contribution in [-0.2, 0) is 4.74 Å². The number of carboxylic acids is 1. The number of carbonyl (C=O) groups is 1. The third kappa shape index (κ3) is 1.77. The molecule has 0 spiro atoms. The van der Waals surface area contributed by atoms with Crippen molar-refractivity contribution in [2.45, 2.75) is 25.5 Å². The van der Waals surface area contributed by atoms with Gasteiger partial charge in [0.2, 0.25) is 0 Å². The van der Waals surface area contributed by atoms with Crippen LogP contribution < -0.4 is 0 Å². The van der Waals surface area contributed by atoms with Crippen LogP contribution >= 0.6 is 0 Å². The van der Waals surface area contributed by atoms with E-state index in [2.05, 4.69) is 5.10 Å². The molecule has 1 aliphatic heterocycles. The summed E-state index contributed by atoms with van der Waals surface area (Å²) in [6, 6.07) is 0. The van der Waals surface area contributed by atoms with E-state index < -0.39 is 5.97 Å². The molecule has 1 saturated heterocycles. The Morgan fingerprint density at radius 1 is 1.64 bits per heavy atom. The van der Waals surface area contributed by atoms with Crippen LogP contribution in [0.1, 0.15) is 35.8 Å². The molecule has 14 heavy (non-hydrogen) atoms. The molecule has 0 saturated carbocycles. The summed E-state index contributed by atoms with van der Waals surface area (Å²) in [4.78, 5) is 10.6. The van der Waals surface area contributed by atoms with Crippen LogP contribution in [0.2, 0.25) is 0 Å². The molecule has 0 unspecified atom stereocenters. The van der Waals surface area contributed by atoms with Crippen molar-refractivity contribution in [3.63, 3.8) is 0 Å². The average molecular weight is 196 g/mol. The number of ether oxygens (including phenoxy) is 1. The minimum Gasteiger partial charge on any atom is -0.478 e. The number of aromatic nitrogens is 2. The van der Waals surface area contributed by atoms with Gasteiger partial charge in [0.25, 0.3) is 0 Å². The Labute approximate surface area is 81.3 Å². The van der Waals surface area contributed by atoms with Crippen LogP contribution in [0.4, 0.5) is 0 Å². The lowest BCUT2D eigenvalue weighted by atomic mass is 10.2. The molecule has 1 N–H and O–H groups in total. The monoisotopic (exact) mass is 196 g/mol. The highest BCUT2D eigenvalue weighted by Gasteiger charge is 2.17. The normalized spacial score (nSPS) is 22.1. The van der Waals surface area contributed by atoms with E-state index in [4.69, 9.17) is 9.84 Å². The average Bonchev–Trinajstić information content (AvgIpc) is 2.68. The summed E-state index contributed by atoms with van der Waals surface area (Å²) in [6.45, 7) is 0.729. The van der Waals surface area contributed by atoms with Crippen molar-refractivity contribution in [1.82, 2.24) is 9.78 Å². The highest BCUT2D eigenvalue weighted by Crippen LogP contribution is 2.21. The summed E-state index contributed by atoms with van der Waals surface area (Å²) in [6.07, 6.45) is 5.85. The molecule has 0 radical (unpaired) electrons. The molecular weight excluding hydrogens is 184 g/mol. The molecule has 1 aromatic rings. The highest BCUT2D eigenvalue weighted by atomic mass is 16.5. The molecule has 5 heteroatoms. The Morgan fingerprint density at radius 2 is 2.50 bits per heavy atom. The topological polar surface area (TPSA) is 64.3 Å². The maximum atomic E-state index is 10.6. The van der Waals surface area contributed by atoms with E-state index in [1.165, 1.54) is 12.4 Å².